The third kappa shape index (κ3) is 2.88. The molecule has 4 N–H and O–H groups in total. The fourth-order valence-electron chi connectivity index (χ4n) is 3.01. The van der Waals surface area contributed by atoms with E-state index in [2.05, 4.69) is 37.3 Å². The van der Waals surface area contributed by atoms with Gasteiger partial charge in [-0.05, 0) is 30.7 Å². The molecule has 2 rings (SSSR count). The Balaban J connectivity index is 2.05. The van der Waals surface area contributed by atoms with Crippen LogP contribution in [0.3, 0.4) is 0 Å². The Morgan fingerprint density at radius 2 is 2.00 bits per heavy atom. The lowest BCUT2D eigenvalue weighted by molar-refractivity contribution is 0.226. The molecular weight excluding hydrogens is 208 g/mol. The van der Waals surface area contributed by atoms with Crippen LogP contribution >= 0.6 is 0 Å². The van der Waals surface area contributed by atoms with Crippen molar-refractivity contribution in [3.8, 4) is 0 Å². The zero-order valence-corrected chi connectivity index (χ0v) is 10.7. The molecule has 94 valence electrons. The molecule has 2 heteroatoms. The van der Waals surface area contributed by atoms with Gasteiger partial charge in [0.1, 0.15) is 0 Å². The van der Waals surface area contributed by atoms with Crippen LogP contribution < -0.4 is 11.5 Å². The summed E-state index contributed by atoms with van der Waals surface area (Å²) >= 11 is 0. The standard InChI is InChI=1S/C15H24N2/c1-12(13-7-3-2-4-8-13)11-15(17)10-6-5-9-14(15)16/h2-4,7-8,12,14H,5-6,9-11,16-17H2,1H3/t12-,14?,15?/m0/s1. The highest BCUT2D eigenvalue weighted by Gasteiger charge is 2.36. The van der Waals surface area contributed by atoms with Gasteiger partial charge in [-0.25, -0.2) is 0 Å². The molecule has 1 saturated carbocycles. The van der Waals surface area contributed by atoms with Gasteiger partial charge in [-0.3, -0.25) is 0 Å². The first-order chi connectivity index (χ1) is 8.12. The van der Waals surface area contributed by atoms with Crippen molar-refractivity contribution in [1.82, 2.24) is 0 Å². The molecule has 2 nitrogen and oxygen atoms in total. The Hall–Kier alpha value is -0.860. The Morgan fingerprint density at radius 1 is 1.29 bits per heavy atom. The highest BCUT2D eigenvalue weighted by Crippen LogP contribution is 2.33. The van der Waals surface area contributed by atoms with Gasteiger partial charge in [-0.2, -0.15) is 0 Å². The van der Waals surface area contributed by atoms with E-state index < -0.39 is 0 Å². The smallest absolute Gasteiger partial charge is 0.0313 e. The highest BCUT2D eigenvalue weighted by atomic mass is 14.9. The lowest BCUT2D eigenvalue weighted by Gasteiger charge is -2.41. The van der Waals surface area contributed by atoms with Gasteiger partial charge in [0, 0.05) is 11.6 Å². The third-order valence-corrected chi connectivity index (χ3v) is 4.20. The molecule has 1 aromatic carbocycles. The van der Waals surface area contributed by atoms with E-state index in [1.807, 2.05) is 0 Å². The quantitative estimate of drug-likeness (QED) is 0.842. The average Bonchev–Trinajstić information content (AvgIpc) is 2.34. The van der Waals surface area contributed by atoms with Crippen LogP contribution in [-0.4, -0.2) is 11.6 Å². The van der Waals surface area contributed by atoms with E-state index in [1.165, 1.54) is 18.4 Å². The number of rotatable bonds is 3. The highest BCUT2D eigenvalue weighted by molar-refractivity contribution is 5.20. The average molecular weight is 232 g/mol. The molecule has 0 bridgehead atoms. The Bertz CT molecular complexity index is 349. The molecule has 0 radical (unpaired) electrons. The molecule has 0 spiro atoms. The normalized spacial score (nSPS) is 31.1. The van der Waals surface area contributed by atoms with Crippen molar-refractivity contribution in [3.63, 3.8) is 0 Å². The van der Waals surface area contributed by atoms with Crippen molar-refractivity contribution in [2.45, 2.75) is 56.5 Å². The van der Waals surface area contributed by atoms with Crippen molar-refractivity contribution in [2.24, 2.45) is 11.5 Å². The number of hydrogen-bond acceptors (Lipinski definition) is 2. The van der Waals surface area contributed by atoms with Gasteiger partial charge < -0.3 is 11.5 Å². The van der Waals surface area contributed by atoms with E-state index >= 15 is 0 Å². The zero-order chi connectivity index (χ0) is 12.3. The molecule has 0 saturated heterocycles. The summed E-state index contributed by atoms with van der Waals surface area (Å²) in [4.78, 5) is 0. The fraction of sp³-hybridized carbons (Fsp3) is 0.600. The maximum atomic E-state index is 6.52. The van der Waals surface area contributed by atoms with Crippen LogP contribution in [0.5, 0.6) is 0 Å². The Labute approximate surface area is 104 Å². The summed E-state index contributed by atoms with van der Waals surface area (Å²) in [5.74, 6) is 0.491. The van der Waals surface area contributed by atoms with E-state index in [1.54, 1.807) is 0 Å². The second-order valence-electron chi connectivity index (χ2n) is 5.60. The molecule has 17 heavy (non-hydrogen) atoms. The van der Waals surface area contributed by atoms with Crippen LogP contribution in [0.15, 0.2) is 30.3 Å². The first kappa shape index (κ1) is 12.6. The number of nitrogens with two attached hydrogens (primary N) is 2. The van der Waals surface area contributed by atoms with Gasteiger partial charge in [-0.15, -0.1) is 0 Å². The van der Waals surface area contributed by atoms with Crippen LogP contribution in [0.4, 0.5) is 0 Å². The molecule has 1 fully saturated rings. The molecule has 2 unspecified atom stereocenters. The minimum absolute atomic E-state index is 0.159. The summed E-state index contributed by atoms with van der Waals surface area (Å²) in [5.41, 5.74) is 13.9. The second-order valence-corrected chi connectivity index (χ2v) is 5.60. The van der Waals surface area contributed by atoms with Crippen LogP contribution in [-0.2, 0) is 0 Å². The first-order valence-corrected chi connectivity index (χ1v) is 6.71. The van der Waals surface area contributed by atoms with Crippen molar-refractivity contribution < 1.29 is 0 Å². The number of benzene rings is 1. The lowest BCUT2D eigenvalue weighted by Crippen LogP contribution is -2.57. The third-order valence-electron chi connectivity index (χ3n) is 4.20. The van der Waals surface area contributed by atoms with Gasteiger partial charge in [0.2, 0.25) is 0 Å². The summed E-state index contributed by atoms with van der Waals surface area (Å²) in [5, 5.41) is 0. The molecule has 0 amide bonds. The minimum atomic E-state index is -0.159. The van der Waals surface area contributed by atoms with Crippen molar-refractivity contribution >= 4 is 0 Å². The Morgan fingerprint density at radius 3 is 2.65 bits per heavy atom. The van der Waals surface area contributed by atoms with Crippen LogP contribution in [0.2, 0.25) is 0 Å². The minimum Gasteiger partial charge on any atom is -0.326 e. The summed E-state index contributed by atoms with van der Waals surface area (Å²) in [6, 6.07) is 10.8. The molecule has 3 atom stereocenters. The van der Waals surface area contributed by atoms with Gasteiger partial charge in [0.25, 0.3) is 0 Å². The topological polar surface area (TPSA) is 52.0 Å². The predicted molar refractivity (Wildman–Crippen MR) is 72.8 cm³/mol. The first-order valence-electron chi connectivity index (χ1n) is 6.71. The monoisotopic (exact) mass is 232 g/mol. The summed E-state index contributed by atoms with van der Waals surface area (Å²) in [7, 11) is 0. The predicted octanol–water partition coefficient (Wildman–Crippen LogP) is 2.78. The molecule has 0 aromatic heterocycles. The molecule has 1 aromatic rings. The van der Waals surface area contributed by atoms with E-state index in [0.29, 0.717) is 5.92 Å². The van der Waals surface area contributed by atoms with E-state index in [9.17, 15) is 0 Å². The molecular formula is C15H24N2. The van der Waals surface area contributed by atoms with E-state index in [4.69, 9.17) is 11.5 Å². The van der Waals surface area contributed by atoms with Crippen molar-refractivity contribution in [3.05, 3.63) is 35.9 Å². The van der Waals surface area contributed by atoms with Crippen LogP contribution in [0.25, 0.3) is 0 Å². The molecule has 1 aliphatic carbocycles. The summed E-state index contributed by atoms with van der Waals surface area (Å²) in [6.07, 6.45) is 5.62. The molecule has 0 heterocycles. The van der Waals surface area contributed by atoms with Gasteiger partial charge in [0.15, 0.2) is 0 Å². The van der Waals surface area contributed by atoms with Crippen molar-refractivity contribution in [1.29, 1.82) is 0 Å². The maximum Gasteiger partial charge on any atom is 0.0313 e. The molecule has 0 aliphatic heterocycles. The lowest BCUT2D eigenvalue weighted by atomic mass is 9.72. The zero-order valence-electron chi connectivity index (χ0n) is 10.7. The SMILES string of the molecule is C[C@@H](CC1(N)CCCCC1N)c1ccccc1. The summed E-state index contributed by atoms with van der Waals surface area (Å²) < 4.78 is 0. The van der Waals surface area contributed by atoms with Crippen LogP contribution in [0.1, 0.15) is 50.5 Å². The van der Waals surface area contributed by atoms with Crippen LogP contribution in [0, 0.1) is 0 Å². The van der Waals surface area contributed by atoms with E-state index in [-0.39, 0.29) is 11.6 Å². The second kappa shape index (κ2) is 5.19. The van der Waals surface area contributed by atoms with Gasteiger partial charge >= 0.3 is 0 Å². The van der Waals surface area contributed by atoms with Gasteiger partial charge in [0.05, 0.1) is 0 Å². The maximum absolute atomic E-state index is 6.52. The largest absolute Gasteiger partial charge is 0.326 e. The fourth-order valence-corrected chi connectivity index (χ4v) is 3.01. The molecule has 1 aliphatic rings. The summed E-state index contributed by atoms with van der Waals surface area (Å²) in [6.45, 7) is 2.26. The van der Waals surface area contributed by atoms with E-state index in [0.717, 1.165) is 19.3 Å². The van der Waals surface area contributed by atoms with Crippen molar-refractivity contribution in [2.75, 3.05) is 0 Å². The Kier molecular flexibility index (Phi) is 3.85. The number of hydrogen-bond donors (Lipinski definition) is 2. The van der Waals surface area contributed by atoms with Gasteiger partial charge in [-0.1, -0.05) is 50.1 Å².